The molecule has 190 valence electrons. The van der Waals surface area contributed by atoms with Gasteiger partial charge in [0.25, 0.3) is 0 Å². The molecule has 0 aliphatic rings. The number of allylic oxidation sites excluding steroid dienone is 1. The third-order valence-electron chi connectivity index (χ3n) is 5.70. The van der Waals surface area contributed by atoms with Crippen molar-refractivity contribution < 1.29 is 19.0 Å². The van der Waals surface area contributed by atoms with Gasteiger partial charge in [-0.05, 0) is 52.2 Å². The van der Waals surface area contributed by atoms with Gasteiger partial charge in [0.2, 0.25) is 0 Å². The fourth-order valence-corrected chi connectivity index (χ4v) is 4.05. The number of unbranched alkanes of at least 4 members (excludes halogenated alkanes) is 1. The fraction of sp³-hybridized carbons (Fsp3) is 0.519. The molecule has 3 rings (SSSR count). The number of hydrogen-bond acceptors (Lipinski definition) is 7. The van der Waals surface area contributed by atoms with Crippen LogP contribution < -0.4 is 5.73 Å². The molecule has 3 aromatic rings. The smallest absolute Gasteiger partial charge is 0.427 e. The molecule has 0 spiro atoms. The second-order valence-electron chi connectivity index (χ2n) is 9.21. The quantitative estimate of drug-likeness (QED) is 0.244. The number of pyridine rings is 1. The molecule has 0 fully saturated rings. The van der Waals surface area contributed by atoms with Gasteiger partial charge in [-0.3, -0.25) is 0 Å². The molecule has 0 saturated carbocycles. The summed E-state index contributed by atoms with van der Waals surface area (Å²) in [5.74, 6) is 1.05. The summed E-state index contributed by atoms with van der Waals surface area (Å²) in [5.41, 5.74) is 7.63. The molecular formula is C27H38N4O4. The Morgan fingerprint density at radius 3 is 2.69 bits per heavy atom. The van der Waals surface area contributed by atoms with Crippen LogP contribution in [-0.2, 0) is 27.4 Å². The minimum absolute atomic E-state index is 0.296. The molecule has 2 aromatic heterocycles. The Morgan fingerprint density at radius 1 is 1.20 bits per heavy atom. The van der Waals surface area contributed by atoms with Crippen LogP contribution in [0, 0.1) is 0 Å². The first kappa shape index (κ1) is 26.5. The largest absolute Gasteiger partial charge is 0.509 e. The van der Waals surface area contributed by atoms with E-state index in [2.05, 4.69) is 18.8 Å². The topological polar surface area (TPSA) is 101 Å². The zero-order valence-corrected chi connectivity index (χ0v) is 21.5. The van der Waals surface area contributed by atoms with E-state index in [4.69, 9.17) is 24.9 Å². The van der Waals surface area contributed by atoms with Crippen molar-refractivity contribution in [1.29, 1.82) is 0 Å². The van der Waals surface area contributed by atoms with Gasteiger partial charge in [-0.1, -0.05) is 44.5 Å². The van der Waals surface area contributed by atoms with Crippen molar-refractivity contribution in [3.8, 4) is 0 Å². The number of hydrogen-bond donors (Lipinski definition) is 1. The lowest BCUT2D eigenvalue weighted by molar-refractivity contribution is -0.0353. The molecule has 0 amide bonds. The number of ether oxygens (including phenoxy) is 3. The Kier molecular flexibility index (Phi) is 9.09. The highest BCUT2D eigenvalue weighted by Gasteiger charge is 2.29. The Labute approximate surface area is 207 Å². The minimum atomic E-state index is -0.880. The van der Waals surface area contributed by atoms with Crippen molar-refractivity contribution in [3.63, 3.8) is 0 Å². The molecule has 0 saturated heterocycles. The van der Waals surface area contributed by atoms with E-state index in [1.807, 2.05) is 61.8 Å². The lowest BCUT2D eigenvalue weighted by Crippen LogP contribution is -2.35. The van der Waals surface area contributed by atoms with Crippen LogP contribution >= 0.6 is 0 Å². The molecule has 8 nitrogen and oxygen atoms in total. The van der Waals surface area contributed by atoms with Gasteiger partial charge in [-0.25, -0.2) is 14.8 Å². The van der Waals surface area contributed by atoms with Crippen LogP contribution in [0.3, 0.4) is 0 Å². The molecule has 2 heterocycles. The Balaban J connectivity index is 1.91. The van der Waals surface area contributed by atoms with Crippen molar-refractivity contribution in [2.75, 3.05) is 12.3 Å². The maximum Gasteiger partial charge on any atom is 0.509 e. The van der Waals surface area contributed by atoms with E-state index in [-0.39, 0.29) is 6.10 Å². The number of rotatable bonds is 12. The zero-order valence-electron chi connectivity index (χ0n) is 21.5. The van der Waals surface area contributed by atoms with E-state index in [9.17, 15) is 4.79 Å². The number of para-hydroxylation sites is 1. The molecule has 2 N–H and O–H groups in total. The van der Waals surface area contributed by atoms with Crippen molar-refractivity contribution in [2.24, 2.45) is 0 Å². The van der Waals surface area contributed by atoms with Crippen LogP contribution in [0.1, 0.15) is 66.1 Å². The molecule has 0 aliphatic carbocycles. The number of carbonyl (C=O) groups is 1. The second-order valence-corrected chi connectivity index (χ2v) is 9.21. The average molecular weight is 483 g/mol. The van der Waals surface area contributed by atoms with Gasteiger partial charge >= 0.3 is 6.16 Å². The van der Waals surface area contributed by atoms with Crippen molar-refractivity contribution >= 4 is 33.9 Å². The van der Waals surface area contributed by atoms with E-state index in [1.54, 1.807) is 0 Å². The van der Waals surface area contributed by atoms with Crippen LogP contribution in [0.5, 0.6) is 0 Å². The highest BCUT2D eigenvalue weighted by atomic mass is 16.7. The first-order valence-electron chi connectivity index (χ1n) is 12.5. The van der Waals surface area contributed by atoms with E-state index < -0.39 is 11.8 Å². The van der Waals surface area contributed by atoms with Gasteiger partial charge in [0.05, 0.1) is 17.6 Å². The summed E-state index contributed by atoms with van der Waals surface area (Å²) in [6.07, 6.45) is 6.63. The Bertz CT molecular complexity index is 1170. The highest BCUT2D eigenvalue weighted by Crippen LogP contribution is 2.31. The zero-order chi connectivity index (χ0) is 25.4. The number of carbonyl (C=O) groups excluding carboxylic acids is 1. The molecule has 35 heavy (non-hydrogen) atoms. The third kappa shape index (κ3) is 6.72. The van der Waals surface area contributed by atoms with Gasteiger partial charge in [0.1, 0.15) is 29.7 Å². The van der Waals surface area contributed by atoms with Gasteiger partial charge in [-0.15, -0.1) is 0 Å². The summed E-state index contributed by atoms with van der Waals surface area (Å²) in [6, 6.07) is 7.79. The molecule has 1 aromatic carbocycles. The van der Waals surface area contributed by atoms with Crippen LogP contribution in [0.25, 0.3) is 21.9 Å². The molecule has 1 unspecified atom stereocenters. The molecule has 1 atom stereocenters. The number of anilines is 1. The van der Waals surface area contributed by atoms with Gasteiger partial charge < -0.3 is 24.5 Å². The number of benzene rings is 1. The van der Waals surface area contributed by atoms with Gasteiger partial charge in [-0.2, -0.15) is 0 Å². The summed E-state index contributed by atoms with van der Waals surface area (Å²) in [7, 11) is 0. The molecular weight excluding hydrogens is 444 g/mol. The minimum Gasteiger partial charge on any atom is -0.427 e. The normalized spacial score (nSPS) is 13.1. The summed E-state index contributed by atoms with van der Waals surface area (Å²) >= 11 is 0. The van der Waals surface area contributed by atoms with Crippen molar-refractivity contribution in [2.45, 2.75) is 85.2 Å². The van der Waals surface area contributed by atoms with E-state index in [0.29, 0.717) is 36.9 Å². The number of fused-ring (bicyclic) bond motifs is 3. The standard InChI is InChI=1S/C27H38N4O4/c1-6-9-13-19(14-10-7-2)34-26(32)35-27(4,5)18-31-22(17-33-8-3)30-23-24(31)20-15-11-12-16-21(20)29-25(23)28/h9,11-13,15-16,19H,6-8,10,14,17-18H2,1-5H3,(H2,28,29)/b13-9+. The van der Waals surface area contributed by atoms with Gasteiger partial charge in [0, 0.05) is 12.0 Å². The van der Waals surface area contributed by atoms with E-state index in [0.717, 1.165) is 42.1 Å². The lowest BCUT2D eigenvalue weighted by atomic mass is 10.1. The van der Waals surface area contributed by atoms with E-state index in [1.165, 1.54) is 0 Å². The monoisotopic (exact) mass is 482 g/mol. The maximum absolute atomic E-state index is 12.8. The number of aromatic nitrogens is 3. The van der Waals surface area contributed by atoms with Crippen LogP contribution in [-0.4, -0.2) is 39.0 Å². The molecule has 0 aliphatic heterocycles. The van der Waals surface area contributed by atoms with Crippen LogP contribution in [0.15, 0.2) is 36.4 Å². The first-order valence-corrected chi connectivity index (χ1v) is 12.5. The predicted octanol–water partition coefficient (Wildman–Crippen LogP) is 6.16. The SMILES string of the molecule is CC/C=C/C(CCCC)OC(=O)OC(C)(C)Cn1c(COCC)nc2c(N)nc3ccccc3c21. The molecule has 0 bridgehead atoms. The van der Waals surface area contributed by atoms with Crippen LogP contribution in [0.2, 0.25) is 0 Å². The Hall–Kier alpha value is -3.13. The first-order chi connectivity index (χ1) is 16.8. The van der Waals surface area contributed by atoms with Crippen molar-refractivity contribution in [1.82, 2.24) is 14.5 Å². The second kappa shape index (κ2) is 12.0. The number of nitrogen functional groups attached to an aromatic ring is 1. The lowest BCUT2D eigenvalue weighted by Gasteiger charge is -2.27. The maximum atomic E-state index is 12.8. The predicted molar refractivity (Wildman–Crippen MR) is 139 cm³/mol. The van der Waals surface area contributed by atoms with Crippen LogP contribution in [0.4, 0.5) is 10.6 Å². The summed E-state index contributed by atoms with van der Waals surface area (Å²) < 4.78 is 19.2. The molecule has 0 radical (unpaired) electrons. The average Bonchev–Trinajstić information content (AvgIpc) is 3.17. The fourth-order valence-electron chi connectivity index (χ4n) is 4.05. The number of nitrogens with zero attached hydrogens (tertiary/aromatic N) is 3. The summed E-state index contributed by atoms with van der Waals surface area (Å²) in [4.78, 5) is 22.0. The van der Waals surface area contributed by atoms with Gasteiger partial charge in [0.15, 0.2) is 5.82 Å². The summed E-state index contributed by atoms with van der Waals surface area (Å²) in [6.45, 7) is 11.0. The molecule has 8 heteroatoms. The highest BCUT2D eigenvalue weighted by molar-refractivity contribution is 6.06. The van der Waals surface area contributed by atoms with Crippen molar-refractivity contribution in [3.05, 3.63) is 42.2 Å². The third-order valence-corrected chi connectivity index (χ3v) is 5.70. The number of nitrogens with two attached hydrogens (primary N) is 1. The Morgan fingerprint density at radius 2 is 1.97 bits per heavy atom. The number of imidazole rings is 1. The summed E-state index contributed by atoms with van der Waals surface area (Å²) in [5, 5.41) is 0.926. The van der Waals surface area contributed by atoms with E-state index >= 15 is 0 Å².